The van der Waals surface area contributed by atoms with E-state index in [2.05, 4.69) is 14.3 Å². The second-order valence-corrected chi connectivity index (χ2v) is 7.19. The van der Waals surface area contributed by atoms with Crippen LogP contribution < -0.4 is 4.90 Å². The standard InChI is InChI=1S/C17H22FN5OS/c1-12-11-22(8-9-23(12)17(24)21(2)3)16-19-15(20-25-16)10-13-4-6-14(18)7-5-13/h4-7,12H,8-11H2,1-3H3. The largest absolute Gasteiger partial charge is 0.343 e. The summed E-state index contributed by atoms with van der Waals surface area (Å²) in [6.07, 6.45) is 0.589. The molecule has 3 rings (SSSR count). The Hall–Kier alpha value is -2.22. The summed E-state index contributed by atoms with van der Waals surface area (Å²) in [6.45, 7) is 4.21. The third-order valence-electron chi connectivity index (χ3n) is 4.26. The van der Waals surface area contributed by atoms with Gasteiger partial charge in [0.1, 0.15) is 11.6 Å². The van der Waals surface area contributed by atoms with Crippen molar-refractivity contribution in [3.05, 3.63) is 41.5 Å². The Bertz CT molecular complexity index is 733. The number of hydrogen-bond donors (Lipinski definition) is 0. The van der Waals surface area contributed by atoms with Crippen molar-refractivity contribution in [2.75, 3.05) is 38.6 Å². The van der Waals surface area contributed by atoms with Crippen LogP contribution in [0, 0.1) is 5.82 Å². The van der Waals surface area contributed by atoms with Gasteiger partial charge in [-0.05, 0) is 24.6 Å². The fourth-order valence-corrected chi connectivity index (χ4v) is 3.62. The summed E-state index contributed by atoms with van der Waals surface area (Å²) in [5, 5.41) is 0.876. The summed E-state index contributed by atoms with van der Waals surface area (Å²) < 4.78 is 17.4. The molecule has 1 aliphatic heterocycles. The summed E-state index contributed by atoms with van der Waals surface area (Å²) in [5.74, 6) is 0.501. The number of urea groups is 1. The van der Waals surface area contributed by atoms with Crippen LogP contribution in [-0.4, -0.2) is 65.0 Å². The zero-order chi connectivity index (χ0) is 18.0. The van der Waals surface area contributed by atoms with Crippen LogP contribution in [0.3, 0.4) is 0 Å². The number of aromatic nitrogens is 2. The van der Waals surface area contributed by atoms with Crippen molar-refractivity contribution in [3.8, 4) is 0 Å². The predicted molar refractivity (Wildman–Crippen MR) is 96.6 cm³/mol. The Labute approximate surface area is 151 Å². The van der Waals surface area contributed by atoms with Crippen LogP contribution in [0.5, 0.6) is 0 Å². The smallest absolute Gasteiger partial charge is 0.319 e. The van der Waals surface area contributed by atoms with E-state index < -0.39 is 0 Å². The number of carbonyl (C=O) groups is 1. The molecule has 134 valence electrons. The third-order valence-corrected chi connectivity index (χ3v) is 5.07. The molecule has 1 unspecified atom stereocenters. The van der Waals surface area contributed by atoms with E-state index in [-0.39, 0.29) is 17.9 Å². The molecule has 6 nitrogen and oxygen atoms in total. The summed E-state index contributed by atoms with van der Waals surface area (Å²) in [6, 6.07) is 6.57. The van der Waals surface area contributed by atoms with Gasteiger partial charge in [-0.1, -0.05) is 12.1 Å². The van der Waals surface area contributed by atoms with Crippen molar-refractivity contribution >= 4 is 22.7 Å². The number of piperazine rings is 1. The number of rotatable bonds is 3. The van der Waals surface area contributed by atoms with E-state index in [9.17, 15) is 9.18 Å². The first kappa shape index (κ1) is 17.6. The molecular formula is C17H22FN5OS. The second-order valence-electron chi connectivity index (χ2n) is 6.46. The van der Waals surface area contributed by atoms with Crippen molar-refractivity contribution in [3.63, 3.8) is 0 Å². The number of amides is 2. The first-order valence-corrected chi connectivity index (χ1v) is 9.01. The molecule has 0 aliphatic carbocycles. The molecular weight excluding hydrogens is 341 g/mol. The lowest BCUT2D eigenvalue weighted by atomic mass is 10.1. The maximum absolute atomic E-state index is 13.0. The van der Waals surface area contributed by atoms with Gasteiger partial charge in [0.2, 0.25) is 5.13 Å². The maximum Gasteiger partial charge on any atom is 0.319 e. The van der Waals surface area contributed by atoms with E-state index in [0.717, 1.165) is 29.6 Å². The Morgan fingerprint density at radius 1 is 1.32 bits per heavy atom. The lowest BCUT2D eigenvalue weighted by Gasteiger charge is -2.40. The van der Waals surface area contributed by atoms with E-state index in [1.807, 2.05) is 11.8 Å². The average molecular weight is 363 g/mol. The Morgan fingerprint density at radius 3 is 2.68 bits per heavy atom. The van der Waals surface area contributed by atoms with Crippen LogP contribution in [0.2, 0.25) is 0 Å². The topological polar surface area (TPSA) is 52.6 Å². The van der Waals surface area contributed by atoms with E-state index in [1.165, 1.54) is 23.7 Å². The number of carbonyl (C=O) groups excluding carboxylic acids is 1. The van der Waals surface area contributed by atoms with Gasteiger partial charge < -0.3 is 14.7 Å². The second kappa shape index (κ2) is 7.35. The number of halogens is 1. The SMILES string of the molecule is CC1CN(c2nc(Cc3ccc(F)cc3)ns2)CCN1C(=O)N(C)C. The number of benzene rings is 1. The molecule has 0 saturated carbocycles. The van der Waals surface area contributed by atoms with Crippen LogP contribution in [0.4, 0.5) is 14.3 Å². The van der Waals surface area contributed by atoms with E-state index >= 15 is 0 Å². The third kappa shape index (κ3) is 4.07. The first-order chi connectivity index (χ1) is 11.9. The molecule has 1 atom stereocenters. The Kier molecular flexibility index (Phi) is 5.17. The van der Waals surface area contributed by atoms with Crippen molar-refractivity contribution in [1.29, 1.82) is 0 Å². The average Bonchev–Trinajstić information content (AvgIpc) is 3.04. The van der Waals surface area contributed by atoms with Gasteiger partial charge in [0.05, 0.1) is 0 Å². The Morgan fingerprint density at radius 2 is 2.04 bits per heavy atom. The van der Waals surface area contributed by atoms with Gasteiger partial charge in [-0.3, -0.25) is 0 Å². The quantitative estimate of drug-likeness (QED) is 0.841. The molecule has 1 aliphatic rings. The van der Waals surface area contributed by atoms with Crippen molar-refractivity contribution < 1.29 is 9.18 Å². The molecule has 2 heterocycles. The highest BCUT2D eigenvalue weighted by atomic mass is 32.1. The van der Waals surface area contributed by atoms with Gasteiger partial charge in [-0.15, -0.1) is 0 Å². The number of nitrogens with zero attached hydrogens (tertiary/aromatic N) is 5. The molecule has 1 aromatic carbocycles. The maximum atomic E-state index is 13.0. The summed E-state index contributed by atoms with van der Waals surface area (Å²) in [5.41, 5.74) is 0.987. The lowest BCUT2D eigenvalue weighted by Crippen LogP contribution is -2.56. The monoisotopic (exact) mass is 363 g/mol. The minimum atomic E-state index is -0.241. The van der Waals surface area contributed by atoms with E-state index in [0.29, 0.717) is 13.0 Å². The molecule has 0 spiro atoms. The highest BCUT2D eigenvalue weighted by Gasteiger charge is 2.29. The van der Waals surface area contributed by atoms with E-state index in [4.69, 9.17) is 0 Å². The van der Waals surface area contributed by atoms with Crippen molar-refractivity contribution in [1.82, 2.24) is 19.2 Å². The molecule has 1 aromatic heterocycles. The fourth-order valence-electron chi connectivity index (χ4n) is 2.90. The first-order valence-electron chi connectivity index (χ1n) is 8.24. The molecule has 25 heavy (non-hydrogen) atoms. The zero-order valence-electron chi connectivity index (χ0n) is 14.6. The Balaban J connectivity index is 1.63. The molecule has 0 bridgehead atoms. The van der Waals surface area contributed by atoms with Crippen LogP contribution in [-0.2, 0) is 6.42 Å². The highest BCUT2D eigenvalue weighted by Crippen LogP contribution is 2.23. The van der Waals surface area contributed by atoms with Gasteiger partial charge >= 0.3 is 6.03 Å². The lowest BCUT2D eigenvalue weighted by molar-refractivity contribution is 0.147. The minimum Gasteiger partial charge on any atom is -0.343 e. The van der Waals surface area contributed by atoms with Gasteiger partial charge in [0.25, 0.3) is 0 Å². The van der Waals surface area contributed by atoms with Gasteiger partial charge in [-0.2, -0.15) is 4.37 Å². The molecule has 0 N–H and O–H groups in total. The van der Waals surface area contributed by atoms with Crippen LogP contribution in [0.25, 0.3) is 0 Å². The minimum absolute atomic E-state index is 0.0430. The summed E-state index contributed by atoms with van der Waals surface area (Å²) in [7, 11) is 3.54. The predicted octanol–water partition coefficient (Wildman–Crippen LogP) is 2.46. The zero-order valence-corrected chi connectivity index (χ0v) is 15.5. The van der Waals surface area contributed by atoms with E-state index in [1.54, 1.807) is 31.1 Å². The van der Waals surface area contributed by atoms with Gasteiger partial charge in [-0.25, -0.2) is 14.2 Å². The van der Waals surface area contributed by atoms with Crippen LogP contribution in [0.15, 0.2) is 24.3 Å². The summed E-state index contributed by atoms with van der Waals surface area (Å²) >= 11 is 1.37. The summed E-state index contributed by atoms with van der Waals surface area (Å²) in [4.78, 5) is 22.5. The molecule has 2 amide bonds. The van der Waals surface area contributed by atoms with Crippen LogP contribution in [0.1, 0.15) is 18.3 Å². The molecule has 8 heteroatoms. The molecule has 0 radical (unpaired) electrons. The highest BCUT2D eigenvalue weighted by molar-refractivity contribution is 7.09. The van der Waals surface area contributed by atoms with Crippen molar-refractivity contribution in [2.24, 2.45) is 0 Å². The normalized spacial score (nSPS) is 17.7. The molecule has 2 aromatic rings. The number of hydrogen-bond acceptors (Lipinski definition) is 5. The number of anilines is 1. The van der Waals surface area contributed by atoms with Gasteiger partial charge in [0.15, 0.2) is 0 Å². The van der Waals surface area contributed by atoms with Gasteiger partial charge in [0, 0.05) is 57.7 Å². The molecule has 1 fully saturated rings. The fraction of sp³-hybridized carbons (Fsp3) is 0.471. The molecule has 1 saturated heterocycles. The van der Waals surface area contributed by atoms with Crippen LogP contribution >= 0.6 is 11.5 Å². The van der Waals surface area contributed by atoms with Crippen molar-refractivity contribution in [2.45, 2.75) is 19.4 Å².